The van der Waals surface area contributed by atoms with Crippen LogP contribution in [0.15, 0.2) is 4.99 Å². The van der Waals surface area contributed by atoms with E-state index in [0.29, 0.717) is 0 Å². The lowest BCUT2D eigenvalue weighted by atomic mass is 9.81. The third kappa shape index (κ3) is 6.00. The predicted octanol–water partition coefficient (Wildman–Crippen LogP) is -7.95. The first-order valence-corrected chi connectivity index (χ1v) is 12.4. The maximum atomic E-state index is 12.1. The highest BCUT2D eigenvalue weighted by atomic mass is 16.8. The summed E-state index contributed by atoms with van der Waals surface area (Å²) in [5.41, 5.74) is 13.8. The highest BCUT2D eigenvalue weighted by molar-refractivity contribution is 5.76. The van der Waals surface area contributed by atoms with E-state index in [9.17, 15) is 40.5 Å². The van der Waals surface area contributed by atoms with E-state index >= 15 is 0 Å². The van der Waals surface area contributed by atoms with Crippen molar-refractivity contribution in [3.63, 3.8) is 0 Å². The van der Waals surface area contributed by atoms with Crippen LogP contribution in [0.5, 0.6) is 0 Å². The van der Waals surface area contributed by atoms with Crippen molar-refractivity contribution < 1.29 is 59.5 Å². The Morgan fingerprint density at radius 2 is 1.65 bits per heavy atom. The summed E-state index contributed by atoms with van der Waals surface area (Å²) < 4.78 is 22.9. The van der Waals surface area contributed by atoms with E-state index in [-0.39, 0.29) is 6.29 Å². The molecular weight excluding hydrogens is 542 g/mol. The van der Waals surface area contributed by atoms with E-state index in [1.807, 2.05) is 0 Å². The third-order valence-corrected chi connectivity index (χ3v) is 7.40. The van der Waals surface area contributed by atoms with Crippen LogP contribution in [-0.2, 0) is 23.7 Å². The molecule has 3 rings (SSSR count). The van der Waals surface area contributed by atoms with Crippen molar-refractivity contribution >= 4 is 18.2 Å². The van der Waals surface area contributed by atoms with Crippen LogP contribution in [0, 0.1) is 5.41 Å². The minimum Gasteiger partial charge on any atom is -0.394 e. The Morgan fingerprint density at radius 1 is 1.00 bits per heavy atom. The van der Waals surface area contributed by atoms with Crippen molar-refractivity contribution in [2.24, 2.45) is 22.2 Å². The molecule has 2 heterocycles. The van der Waals surface area contributed by atoms with Crippen molar-refractivity contribution in [3.8, 4) is 0 Å². The maximum absolute atomic E-state index is 12.1. The number of hydrogen-bond donors (Lipinski definition) is 13. The lowest BCUT2D eigenvalue weighted by Crippen LogP contribution is -2.70. The van der Waals surface area contributed by atoms with Gasteiger partial charge in [-0.3, -0.25) is 10.2 Å². The van der Waals surface area contributed by atoms with Crippen LogP contribution < -0.4 is 27.8 Å². The molecule has 14 unspecified atom stereocenters. The van der Waals surface area contributed by atoms with Gasteiger partial charge in [-0.25, -0.2) is 4.99 Å². The van der Waals surface area contributed by atoms with Crippen molar-refractivity contribution in [2.75, 3.05) is 13.7 Å². The van der Waals surface area contributed by atoms with E-state index in [1.54, 1.807) is 0 Å². The fourth-order valence-corrected chi connectivity index (χ4v) is 5.13. The number of aldehydes is 1. The molecule has 1 aliphatic carbocycles. The van der Waals surface area contributed by atoms with Crippen LogP contribution in [0.25, 0.3) is 0 Å². The summed E-state index contributed by atoms with van der Waals surface area (Å²) in [5.74, 6) is -1.16. The first kappa shape index (κ1) is 32.2. The number of aliphatic imine (C=N–C) groups is 1. The Morgan fingerprint density at radius 3 is 2.17 bits per heavy atom. The molecule has 0 aromatic rings. The largest absolute Gasteiger partial charge is 0.394 e. The second-order valence-electron chi connectivity index (χ2n) is 9.93. The molecule has 230 valence electrons. The summed E-state index contributed by atoms with van der Waals surface area (Å²) in [6.45, 7) is 0.616. The summed E-state index contributed by atoms with van der Waals surface area (Å²) in [6.07, 6.45) is -17.3. The Kier molecular flexibility index (Phi) is 10.2. The van der Waals surface area contributed by atoms with Gasteiger partial charge in [-0.05, 0) is 14.0 Å². The topological polar surface area (TPSA) is 334 Å². The molecule has 0 bridgehead atoms. The van der Waals surface area contributed by atoms with Crippen LogP contribution in [0.2, 0.25) is 0 Å². The van der Waals surface area contributed by atoms with Gasteiger partial charge in [-0.2, -0.15) is 0 Å². The van der Waals surface area contributed by atoms with Gasteiger partial charge >= 0.3 is 0 Å². The highest BCUT2D eigenvalue weighted by Crippen LogP contribution is 2.38. The zero-order valence-electron chi connectivity index (χ0n) is 21.7. The van der Waals surface area contributed by atoms with Crippen LogP contribution in [0.3, 0.4) is 0 Å². The average molecular weight is 582 g/mol. The summed E-state index contributed by atoms with van der Waals surface area (Å²) in [4.78, 5) is 15.8. The van der Waals surface area contributed by atoms with Gasteiger partial charge in [-0.1, -0.05) is 0 Å². The number of aliphatic hydroxyl groups excluding tert-OH is 6. The van der Waals surface area contributed by atoms with Crippen LogP contribution in [0.4, 0.5) is 0 Å². The minimum absolute atomic E-state index is 0.138. The molecule has 19 nitrogen and oxygen atoms in total. The Labute approximate surface area is 228 Å². The molecule has 15 atom stereocenters. The number of nitrogens with one attached hydrogen (secondary N) is 3. The molecule has 0 amide bonds. The van der Waals surface area contributed by atoms with Gasteiger partial charge in [0.15, 0.2) is 36.4 Å². The molecule has 0 aromatic heterocycles. The molecule has 0 aromatic carbocycles. The predicted molar refractivity (Wildman–Crippen MR) is 132 cm³/mol. The van der Waals surface area contributed by atoms with Crippen molar-refractivity contribution in [1.29, 1.82) is 5.41 Å². The Hall–Kier alpha value is -2.27. The summed E-state index contributed by atoms with van der Waals surface area (Å²) in [7, 11) is 1.42. The van der Waals surface area contributed by atoms with Gasteiger partial charge in [-0.15, -0.1) is 0 Å². The molecule has 40 heavy (non-hydrogen) atoms. The first-order valence-electron chi connectivity index (χ1n) is 12.4. The molecule has 3 fully saturated rings. The molecule has 19 heteroatoms. The minimum atomic E-state index is -2.39. The Balaban J connectivity index is 1.95. The summed E-state index contributed by atoms with van der Waals surface area (Å²) in [5, 5.41) is 86.6. The number of rotatable bonds is 9. The van der Waals surface area contributed by atoms with Crippen LogP contribution >= 0.6 is 0 Å². The molecule has 2 aliphatic heterocycles. The second kappa shape index (κ2) is 12.7. The molecule has 3 aliphatic rings. The number of ether oxygens (including phenoxy) is 4. The van der Waals surface area contributed by atoms with Gasteiger partial charge in [0.25, 0.3) is 0 Å². The summed E-state index contributed by atoms with van der Waals surface area (Å²) in [6, 6.07) is -4.02. The van der Waals surface area contributed by atoms with Gasteiger partial charge in [0.2, 0.25) is 0 Å². The van der Waals surface area contributed by atoms with Crippen LogP contribution in [0.1, 0.15) is 6.92 Å². The first-order chi connectivity index (χ1) is 18.7. The number of carbonyl (C=O) groups is 1. The zero-order chi connectivity index (χ0) is 30.1. The fourth-order valence-electron chi connectivity index (χ4n) is 5.13. The monoisotopic (exact) mass is 581 g/mol. The Bertz CT molecular complexity index is 930. The highest BCUT2D eigenvalue weighted by Gasteiger charge is 2.60. The molecule has 0 spiro atoms. The number of likely N-dealkylation sites (N-methyl/N-ethyl adjacent to an activating group) is 1. The number of carbonyl (C=O) groups excluding carboxylic acids is 1. The molecule has 0 radical (unpaired) electrons. The quantitative estimate of drug-likeness (QED) is 0.0682. The number of nitrogens with zero attached hydrogens (tertiary/aromatic N) is 1. The lowest BCUT2D eigenvalue weighted by molar-refractivity contribution is -0.314. The van der Waals surface area contributed by atoms with E-state index in [1.165, 1.54) is 14.0 Å². The van der Waals surface area contributed by atoms with Gasteiger partial charge in [0.05, 0.1) is 24.8 Å². The summed E-state index contributed by atoms with van der Waals surface area (Å²) >= 11 is 0. The normalized spacial score (nSPS) is 47.4. The molecule has 1 saturated carbocycles. The van der Waals surface area contributed by atoms with Crippen molar-refractivity contribution in [1.82, 2.24) is 10.6 Å². The number of aliphatic hydroxyl groups is 7. The average Bonchev–Trinajstić information content (AvgIpc) is 3.13. The molecular formula is C21H39N7O12. The van der Waals surface area contributed by atoms with E-state index in [4.69, 9.17) is 41.6 Å². The lowest BCUT2D eigenvalue weighted by Gasteiger charge is -2.46. The molecule has 16 N–H and O–H groups in total. The number of guanidine groups is 2. The van der Waals surface area contributed by atoms with Gasteiger partial charge in [0, 0.05) is 0 Å². The van der Waals surface area contributed by atoms with Crippen molar-refractivity contribution in [2.45, 2.75) is 98.2 Å². The van der Waals surface area contributed by atoms with Crippen LogP contribution in [-0.4, -0.2) is 159 Å². The second-order valence-corrected chi connectivity index (χ2v) is 9.93. The fraction of sp³-hybridized carbons (Fsp3) is 0.857. The molecule has 2 saturated heterocycles. The zero-order valence-corrected chi connectivity index (χ0v) is 21.7. The van der Waals surface area contributed by atoms with E-state index in [2.05, 4.69) is 15.6 Å². The van der Waals surface area contributed by atoms with E-state index in [0.717, 1.165) is 0 Å². The van der Waals surface area contributed by atoms with E-state index < -0.39 is 110 Å². The third-order valence-electron chi connectivity index (χ3n) is 7.40. The number of nitrogens with two attached hydrogens (primary N) is 3. The van der Waals surface area contributed by atoms with Crippen molar-refractivity contribution in [3.05, 3.63) is 0 Å². The standard InChI is InChI=1S/C21H39N7O12/c1-5-21(36,4-30)16(40-17-9(26-2)13(34)10(31)6(3-29)38-17)18(37-5)39-15-8(28-20(24)25)11(32)7(27-19(22)23)12(33)14(15)35/h4-18,26,29,31-36H,3H2,1-2H3,(H4,22,23,27)(H4,24,25,28)/t5?,6?,7?,8?,9?,10?,11?,12?,13?,14?,15?,16?,17?,18?,21-/m1/s1. The van der Waals surface area contributed by atoms with Gasteiger partial charge in [0.1, 0.15) is 54.9 Å². The number of hydrogen-bond acceptors (Lipinski definition) is 15. The van der Waals surface area contributed by atoms with Gasteiger partial charge < -0.3 is 82.5 Å². The SMILES string of the molecule is CNC1C(OC2C(OC3C(O)C(O)C(N=C(N)N)C(O)C3NC(=N)N)OC(C)[C@]2(O)C=O)OC(CO)C(O)C1O. The smallest absolute Gasteiger partial charge is 0.188 e. The maximum Gasteiger partial charge on any atom is 0.188 e.